The zero-order chi connectivity index (χ0) is 21.7. The highest BCUT2D eigenvalue weighted by atomic mass is 32.2. The molecule has 2 aromatic carbocycles. The number of carbonyl (C=O) groups is 1. The van der Waals surface area contributed by atoms with Gasteiger partial charge in [-0.25, -0.2) is 4.31 Å². The van der Waals surface area contributed by atoms with Gasteiger partial charge in [0.2, 0.25) is 0 Å². The van der Waals surface area contributed by atoms with E-state index < -0.39 is 16.1 Å². The summed E-state index contributed by atoms with van der Waals surface area (Å²) in [6.07, 6.45) is 2.08. The van der Waals surface area contributed by atoms with Gasteiger partial charge in [-0.05, 0) is 36.3 Å². The molecule has 8 nitrogen and oxygen atoms in total. The molecule has 0 saturated heterocycles. The Labute approximate surface area is 176 Å². The highest BCUT2D eigenvalue weighted by Gasteiger charge is 2.30. The monoisotopic (exact) mass is 429 g/mol. The summed E-state index contributed by atoms with van der Waals surface area (Å²) in [4.78, 5) is 12.7. The summed E-state index contributed by atoms with van der Waals surface area (Å²) in [5.41, 5.74) is 1.69. The minimum atomic E-state index is -4.05. The van der Waals surface area contributed by atoms with E-state index in [1.807, 2.05) is 30.3 Å². The number of likely N-dealkylation sites (N-methyl/N-ethyl adjacent to an activating group) is 1. The van der Waals surface area contributed by atoms with E-state index in [4.69, 9.17) is 9.47 Å². The third-order valence-corrected chi connectivity index (χ3v) is 5.94. The maximum Gasteiger partial charge on any atom is 0.345 e. The number of methoxy groups -OCH3 is 2. The molecule has 0 radical (unpaired) electrons. The second-order valence-corrected chi connectivity index (χ2v) is 8.14. The first-order valence-electron chi connectivity index (χ1n) is 9.20. The third-order valence-electron chi connectivity index (χ3n) is 4.63. The number of ether oxygens (including phenoxy) is 2. The average Bonchev–Trinajstić information content (AvgIpc) is 2.75. The summed E-state index contributed by atoms with van der Waals surface area (Å²) < 4.78 is 40.2. The second kappa shape index (κ2) is 9.00. The molecule has 2 aromatic rings. The summed E-state index contributed by atoms with van der Waals surface area (Å²) in [5.74, 6) is 0.432. The van der Waals surface area contributed by atoms with E-state index in [1.54, 1.807) is 18.2 Å². The van der Waals surface area contributed by atoms with Gasteiger partial charge in [-0.15, -0.1) is 4.40 Å². The predicted octanol–water partition coefficient (Wildman–Crippen LogP) is 1.93. The fourth-order valence-corrected chi connectivity index (χ4v) is 3.87. The standard InChI is InChI=1S/C21H23N3O5S/c1-24-18(21(25)22-12-11-15-7-5-4-6-8-15)14-17(23-30(24,26)27)16-9-10-19(28-2)20(13-16)29-3/h4-10,13-14H,11-12H2,1-3H3,(H,22,25). The number of hydrogen-bond donors (Lipinski definition) is 1. The molecule has 0 aromatic heterocycles. The second-order valence-electron chi connectivity index (χ2n) is 6.51. The minimum Gasteiger partial charge on any atom is -0.493 e. The fourth-order valence-electron chi connectivity index (χ4n) is 2.95. The van der Waals surface area contributed by atoms with Crippen molar-refractivity contribution in [2.75, 3.05) is 27.8 Å². The van der Waals surface area contributed by atoms with E-state index in [0.29, 0.717) is 30.0 Å². The van der Waals surface area contributed by atoms with Gasteiger partial charge in [0.05, 0.1) is 19.9 Å². The third kappa shape index (κ3) is 4.62. The van der Waals surface area contributed by atoms with Crippen LogP contribution >= 0.6 is 0 Å². The van der Waals surface area contributed by atoms with Crippen molar-refractivity contribution in [1.82, 2.24) is 9.62 Å². The first-order valence-corrected chi connectivity index (χ1v) is 10.6. The molecule has 0 unspecified atom stereocenters. The molecule has 1 N–H and O–H groups in total. The van der Waals surface area contributed by atoms with Crippen LogP contribution in [0.4, 0.5) is 0 Å². The Morgan fingerprint density at radius 2 is 1.77 bits per heavy atom. The molecule has 0 bridgehead atoms. The number of hydrogen-bond acceptors (Lipinski definition) is 5. The van der Waals surface area contributed by atoms with Crippen molar-refractivity contribution in [3.05, 3.63) is 71.4 Å². The summed E-state index contributed by atoms with van der Waals surface area (Å²) in [7, 11) is 0.242. The number of nitrogens with zero attached hydrogens (tertiary/aromatic N) is 2. The normalized spacial score (nSPS) is 15.1. The zero-order valence-corrected chi connectivity index (χ0v) is 17.8. The SMILES string of the molecule is COc1ccc(C2=NS(=O)(=O)N(C)C(C(=O)NCCc3ccccc3)=C2)cc1OC. The summed E-state index contributed by atoms with van der Waals surface area (Å²) in [6.45, 7) is 0.372. The van der Waals surface area contributed by atoms with Gasteiger partial charge in [0, 0.05) is 19.2 Å². The van der Waals surface area contributed by atoms with Crippen molar-refractivity contribution in [2.24, 2.45) is 4.40 Å². The molecule has 1 amide bonds. The lowest BCUT2D eigenvalue weighted by Crippen LogP contribution is -2.39. The van der Waals surface area contributed by atoms with Crippen LogP contribution in [0.5, 0.6) is 11.5 Å². The van der Waals surface area contributed by atoms with Gasteiger partial charge in [0.25, 0.3) is 5.91 Å². The quantitative estimate of drug-likeness (QED) is 0.725. The highest BCUT2D eigenvalue weighted by Crippen LogP contribution is 2.29. The van der Waals surface area contributed by atoms with Crippen LogP contribution in [0, 0.1) is 0 Å². The number of amides is 1. The van der Waals surface area contributed by atoms with Crippen LogP contribution in [-0.2, 0) is 21.4 Å². The number of rotatable bonds is 7. The Balaban J connectivity index is 1.84. The van der Waals surface area contributed by atoms with E-state index in [9.17, 15) is 13.2 Å². The smallest absolute Gasteiger partial charge is 0.345 e. The van der Waals surface area contributed by atoms with Crippen molar-refractivity contribution < 1.29 is 22.7 Å². The van der Waals surface area contributed by atoms with Crippen molar-refractivity contribution in [1.29, 1.82) is 0 Å². The largest absolute Gasteiger partial charge is 0.493 e. The van der Waals surface area contributed by atoms with Crippen LogP contribution in [-0.4, -0.2) is 52.2 Å². The molecule has 0 saturated carbocycles. The Bertz CT molecular complexity index is 1090. The van der Waals surface area contributed by atoms with Crippen LogP contribution in [0.1, 0.15) is 11.1 Å². The molecular weight excluding hydrogens is 406 g/mol. The molecule has 9 heteroatoms. The predicted molar refractivity (Wildman–Crippen MR) is 114 cm³/mol. The Morgan fingerprint density at radius 1 is 1.07 bits per heavy atom. The van der Waals surface area contributed by atoms with E-state index >= 15 is 0 Å². The summed E-state index contributed by atoms with van der Waals surface area (Å²) >= 11 is 0. The van der Waals surface area contributed by atoms with Crippen molar-refractivity contribution in [3.8, 4) is 11.5 Å². The fraction of sp³-hybridized carbons (Fsp3) is 0.238. The number of allylic oxidation sites excluding steroid dienone is 1. The van der Waals surface area contributed by atoms with E-state index in [2.05, 4.69) is 9.71 Å². The van der Waals surface area contributed by atoms with Gasteiger partial charge in [-0.1, -0.05) is 30.3 Å². The topological polar surface area (TPSA) is 97.3 Å². The Hall–Kier alpha value is -3.33. The van der Waals surface area contributed by atoms with Gasteiger partial charge >= 0.3 is 10.2 Å². The molecule has 0 fully saturated rings. The van der Waals surface area contributed by atoms with Crippen molar-refractivity contribution in [3.63, 3.8) is 0 Å². The van der Waals surface area contributed by atoms with Crippen LogP contribution in [0.3, 0.4) is 0 Å². The zero-order valence-electron chi connectivity index (χ0n) is 17.0. The molecule has 1 aliphatic rings. The van der Waals surface area contributed by atoms with Crippen LogP contribution in [0.25, 0.3) is 0 Å². The van der Waals surface area contributed by atoms with E-state index in [0.717, 1.165) is 9.87 Å². The Kier molecular flexibility index (Phi) is 6.41. The number of nitrogens with one attached hydrogen (secondary N) is 1. The number of carbonyl (C=O) groups excluding carboxylic acids is 1. The van der Waals surface area contributed by atoms with Crippen LogP contribution in [0.2, 0.25) is 0 Å². The molecule has 158 valence electrons. The van der Waals surface area contributed by atoms with Gasteiger partial charge in [-0.3, -0.25) is 4.79 Å². The lowest BCUT2D eigenvalue weighted by molar-refractivity contribution is -0.118. The first kappa shape index (κ1) is 21.4. The maximum absolute atomic E-state index is 12.7. The van der Waals surface area contributed by atoms with Gasteiger partial charge in [0.15, 0.2) is 11.5 Å². The van der Waals surface area contributed by atoms with Crippen LogP contribution < -0.4 is 14.8 Å². The van der Waals surface area contributed by atoms with Gasteiger partial charge in [-0.2, -0.15) is 8.42 Å². The number of benzene rings is 2. The molecular formula is C21H23N3O5S. The molecule has 0 atom stereocenters. The van der Waals surface area contributed by atoms with Gasteiger partial charge < -0.3 is 14.8 Å². The lowest BCUT2D eigenvalue weighted by Gasteiger charge is -2.23. The van der Waals surface area contributed by atoms with Crippen molar-refractivity contribution in [2.45, 2.75) is 6.42 Å². The summed E-state index contributed by atoms with van der Waals surface area (Å²) in [6, 6.07) is 14.6. The molecule has 0 aliphatic carbocycles. The average molecular weight is 429 g/mol. The van der Waals surface area contributed by atoms with Gasteiger partial charge in [0.1, 0.15) is 5.70 Å². The van der Waals surface area contributed by atoms with Crippen LogP contribution in [0.15, 0.2) is 64.7 Å². The Morgan fingerprint density at radius 3 is 2.43 bits per heavy atom. The molecule has 1 heterocycles. The van der Waals surface area contributed by atoms with E-state index in [1.165, 1.54) is 27.3 Å². The van der Waals surface area contributed by atoms with E-state index in [-0.39, 0.29) is 11.4 Å². The highest BCUT2D eigenvalue weighted by molar-refractivity contribution is 7.88. The maximum atomic E-state index is 12.7. The first-order chi connectivity index (χ1) is 14.4. The molecule has 30 heavy (non-hydrogen) atoms. The molecule has 3 rings (SSSR count). The molecule has 1 aliphatic heterocycles. The minimum absolute atomic E-state index is 0.0113. The summed E-state index contributed by atoms with van der Waals surface area (Å²) in [5, 5.41) is 2.77. The lowest BCUT2D eigenvalue weighted by atomic mass is 10.1. The molecule has 0 spiro atoms. The van der Waals surface area contributed by atoms with Crippen molar-refractivity contribution >= 4 is 21.8 Å².